The summed E-state index contributed by atoms with van der Waals surface area (Å²) in [6.45, 7) is 9.37. The smallest absolute Gasteiger partial charge is 0.361 e. The molecule has 0 saturated carbocycles. The molecule has 0 atom stereocenters. The van der Waals surface area contributed by atoms with E-state index in [0.717, 1.165) is 41.0 Å². The van der Waals surface area contributed by atoms with Crippen LogP contribution in [0.15, 0.2) is 72.8 Å². The van der Waals surface area contributed by atoms with Crippen LogP contribution in [-0.4, -0.2) is 54.2 Å². The first-order valence-corrected chi connectivity index (χ1v) is 12.5. The minimum Gasteiger partial charge on any atom is -0.457 e. The molecule has 0 aliphatic heterocycles. The minimum absolute atomic E-state index is 0.0473. The molecular weight excluding hydrogens is 434 g/mol. The summed E-state index contributed by atoms with van der Waals surface area (Å²) in [5.74, 6) is 2.10. The SMILES string of the molecule is CNCCOB(C)c1ccc(Oc2ccc(B(OCCNC)c3ccc(C(C)C)cc3)cc2)cc1. The van der Waals surface area contributed by atoms with Crippen molar-refractivity contribution in [2.24, 2.45) is 0 Å². The second-order valence-corrected chi connectivity index (χ2v) is 9.03. The standard InChI is InChI=1S/C28H38B2N2O3/c1-22(2)23-6-8-25(9-7-23)30(34-21-19-32-5)26-12-16-28(17-13-26)35-27-14-10-24(11-15-27)29(3)33-20-18-31-4/h6-17,22,31-32H,18-21H2,1-5H3. The Morgan fingerprint density at radius 2 is 1.11 bits per heavy atom. The molecule has 0 radical (unpaired) electrons. The van der Waals surface area contributed by atoms with Gasteiger partial charge in [-0.2, -0.15) is 0 Å². The van der Waals surface area contributed by atoms with Gasteiger partial charge < -0.3 is 24.7 Å². The fraction of sp³-hybridized carbons (Fsp3) is 0.357. The maximum absolute atomic E-state index is 6.26. The maximum atomic E-state index is 6.26. The van der Waals surface area contributed by atoms with Crippen molar-refractivity contribution in [2.75, 3.05) is 40.4 Å². The van der Waals surface area contributed by atoms with Crippen LogP contribution in [0.3, 0.4) is 0 Å². The predicted octanol–water partition coefficient (Wildman–Crippen LogP) is 3.01. The van der Waals surface area contributed by atoms with E-state index >= 15 is 0 Å². The summed E-state index contributed by atoms with van der Waals surface area (Å²) < 4.78 is 18.2. The van der Waals surface area contributed by atoms with Gasteiger partial charge in [-0.3, -0.25) is 0 Å². The number of likely N-dealkylation sites (N-methyl/N-ethyl adjacent to an activating group) is 2. The summed E-state index contributed by atoms with van der Waals surface area (Å²) in [6.07, 6.45) is 0. The molecule has 0 fully saturated rings. The molecule has 35 heavy (non-hydrogen) atoms. The lowest BCUT2D eigenvalue weighted by Gasteiger charge is -2.17. The average Bonchev–Trinajstić information content (AvgIpc) is 2.88. The Morgan fingerprint density at radius 3 is 1.60 bits per heavy atom. The van der Waals surface area contributed by atoms with Crippen LogP contribution in [0.1, 0.15) is 25.3 Å². The van der Waals surface area contributed by atoms with Crippen LogP contribution in [0.25, 0.3) is 0 Å². The largest absolute Gasteiger partial charge is 0.457 e. The van der Waals surface area contributed by atoms with Crippen LogP contribution >= 0.6 is 0 Å². The lowest BCUT2D eigenvalue weighted by molar-refractivity contribution is 0.330. The van der Waals surface area contributed by atoms with Gasteiger partial charge in [-0.15, -0.1) is 0 Å². The fourth-order valence-electron chi connectivity index (χ4n) is 3.81. The Hall–Kier alpha value is -2.57. The third kappa shape index (κ3) is 8.25. The minimum atomic E-state index is -0.123. The zero-order valence-corrected chi connectivity index (χ0v) is 21.7. The monoisotopic (exact) mass is 472 g/mol. The Balaban J connectivity index is 1.67. The summed E-state index contributed by atoms with van der Waals surface area (Å²) in [5, 5.41) is 6.25. The first kappa shape index (κ1) is 27.0. The molecular formula is C28H38B2N2O3. The van der Waals surface area contributed by atoms with E-state index in [1.807, 2.05) is 38.4 Å². The molecule has 0 heterocycles. The van der Waals surface area contributed by atoms with Gasteiger partial charge in [0.05, 0.1) is 0 Å². The molecule has 3 aromatic carbocycles. The molecule has 2 N–H and O–H groups in total. The Kier molecular flexibility index (Phi) is 10.9. The zero-order chi connectivity index (χ0) is 25.0. The molecule has 0 amide bonds. The molecule has 3 aromatic rings. The van der Waals surface area contributed by atoms with Crippen molar-refractivity contribution in [3.05, 3.63) is 78.4 Å². The summed E-state index contributed by atoms with van der Waals surface area (Å²) >= 11 is 0. The molecule has 7 heteroatoms. The van der Waals surface area contributed by atoms with Gasteiger partial charge in [0.2, 0.25) is 0 Å². The summed E-state index contributed by atoms with van der Waals surface area (Å²) in [5.41, 5.74) is 4.72. The van der Waals surface area contributed by atoms with E-state index in [1.54, 1.807) is 0 Å². The third-order valence-corrected chi connectivity index (χ3v) is 6.03. The van der Waals surface area contributed by atoms with Gasteiger partial charge >= 0.3 is 13.8 Å². The molecule has 0 bridgehead atoms. The molecule has 184 valence electrons. The van der Waals surface area contributed by atoms with Crippen molar-refractivity contribution < 1.29 is 14.0 Å². The van der Waals surface area contributed by atoms with Gasteiger partial charge in [0, 0.05) is 26.3 Å². The first-order chi connectivity index (χ1) is 17.0. The Labute approximate surface area is 211 Å². The van der Waals surface area contributed by atoms with Gasteiger partial charge in [-0.25, -0.2) is 0 Å². The van der Waals surface area contributed by atoms with E-state index < -0.39 is 0 Å². The Bertz CT molecular complexity index is 996. The lowest BCUT2D eigenvalue weighted by atomic mass is 9.55. The lowest BCUT2D eigenvalue weighted by Crippen LogP contribution is -2.46. The molecule has 0 aromatic heterocycles. The Morgan fingerprint density at radius 1 is 0.657 bits per heavy atom. The van der Waals surface area contributed by atoms with E-state index in [1.165, 1.54) is 5.56 Å². The number of hydrogen-bond acceptors (Lipinski definition) is 5. The number of benzene rings is 3. The van der Waals surface area contributed by atoms with Crippen molar-refractivity contribution >= 4 is 30.2 Å². The van der Waals surface area contributed by atoms with Crippen LogP contribution in [0.4, 0.5) is 0 Å². The zero-order valence-electron chi connectivity index (χ0n) is 21.7. The first-order valence-electron chi connectivity index (χ1n) is 12.5. The molecule has 0 aliphatic rings. The van der Waals surface area contributed by atoms with E-state index in [9.17, 15) is 0 Å². The highest BCUT2D eigenvalue weighted by molar-refractivity contribution is 6.80. The van der Waals surface area contributed by atoms with Gasteiger partial charge in [0.15, 0.2) is 0 Å². The van der Waals surface area contributed by atoms with Gasteiger partial charge in [-0.1, -0.05) is 69.2 Å². The highest BCUT2D eigenvalue weighted by Crippen LogP contribution is 2.20. The van der Waals surface area contributed by atoms with Gasteiger partial charge in [0.1, 0.15) is 11.5 Å². The number of hydrogen-bond donors (Lipinski definition) is 2. The van der Waals surface area contributed by atoms with Crippen molar-refractivity contribution in [3.8, 4) is 11.5 Å². The van der Waals surface area contributed by atoms with E-state index in [-0.39, 0.29) is 13.8 Å². The van der Waals surface area contributed by atoms with Crippen LogP contribution < -0.4 is 31.8 Å². The van der Waals surface area contributed by atoms with Crippen LogP contribution in [0.5, 0.6) is 11.5 Å². The van der Waals surface area contributed by atoms with Gasteiger partial charge in [0.25, 0.3) is 0 Å². The molecule has 0 aliphatic carbocycles. The normalized spacial score (nSPS) is 11.0. The molecule has 3 rings (SSSR count). The van der Waals surface area contributed by atoms with Crippen molar-refractivity contribution in [2.45, 2.75) is 26.6 Å². The second-order valence-electron chi connectivity index (χ2n) is 9.03. The maximum Gasteiger partial charge on any atom is 0.361 e. The summed E-state index contributed by atoms with van der Waals surface area (Å²) in [6, 6.07) is 25.0. The number of ether oxygens (including phenoxy) is 1. The van der Waals surface area contributed by atoms with E-state index in [4.69, 9.17) is 14.0 Å². The topological polar surface area (TPSA) is 51.8 Å². The van der Waals surface area contributed by atoms with Crippen molar-refractivity contribution in [1.29, 1.82) is 0 Å². The fourth-order valence-corrected chi connectivity index (χ4v) is 3.81. The molecule has 5 nitrogen and oxygen atoms in total. The highest BCUT2D eigenvalue weighted by atomic mass is 16.5. The van der Waals surface area contributed by atoms with Gasteiger partial charge in [-0.05, 0) is 66.2 Å². The quantitative estimate of drug-likeness (QED) is 0.279. The molecule has 0 unspecified atom stereocenters. The predicted molar refractivity (Wildman–Crippen MR) is 150 cm³/mol. The van der Waals surface area contributed by atoms with Crippen molar-refractivity contribution in [1.82, 2.24) is 10.6 Å². The number of rotatable bonds is 14. The van der Waals surface area contributed by atoms with Crippen molar-refractivity contribution in [3.63, 3.8) is 0 Å². The second kappa shape index (κ2) is 14.1. The average molecular weight is 472 g/mol. The molecule has 0 saturated heterocycles. The van der Waals surface area contributed by atoms with E-state index in [2.05, 4.69) is 79.8 Å². The van der Waals surface area contributed by atoms with Crippen LogP contribution in [0, 0.1) is 0 Å². The van der Waals surface area contributed by atoms with Crippen LogP contribution in [-0.2, 0) is 9.31 Å². The highest BCUT2D eigenvalue weighted by Gasteiger charge is 2.21. The number of nitrogens with one attached hydrogen (secondary N) is 2. The molecule has 0 spiro atoms. The van der Waals surface area contributed by atoms with E-state index in [0.29, 0.717) is 19.1 Å². The summed E-state index contributed by atoms with van der Waals surface area (Å²) in [4.78, 5) is 0. The third-order valence-electron chi connectivity index (χ3n) is 6.03. The summed E-state index contributed by atoms with van der Waals surface area (Å²) in [7, 11) is 3.86. The van der Waals surface area contributed by atoms with Crippen LogP contribution in [0.2, 0.25) is 6.82 Å².